The number of anilines is 2. The zero-order valence-electron chi connectivity index (χ0n) is 13.1. The Labute approximate surface area is 126 Å². The molecular weight excluding hydrogens is 272 g/mol. The molecule has 0 unspecified atom stereocenters. The lowest BCUT2D eigenvalue weighted by molar-refractivity contribution is 0.355. The minimum absolute atomic E-state index is 0.236. The maximum Gasteiger partial charge on any atom is 0.162 e. The minimum atomic E-state index is 0.236. The van der Waals surface area contributed by atoms with Gasteiger partial charge in [0, 0.05) is 23.4 Å². The lowest BCUT2D eigenvalue weighted by Crippen LogP contribution is -2.32. The molecule has 1 rings (SSSR count). The average molecular weight is 298 g/mol. The summed E-state index contributed by atoms with van der Waals surface area (Å²) in [6, 6.07) is 3.68. The molecule has 0 spiro atoms. The van der Waals surface area contributed by atoms with E-state index in [2.05, 4.69) is 25.4 Å². The fourth-order valence-electron chi connectivity index (χ4n) is 2.16. The summed E-state index contributed by atoms with van der Waals surface area (Å²) in [5.41, 5.74) is 7.63. The number of methoxy groups -OCH3 is 2. The minimum Gasteiger partial charge on any atom is -0.493 e. The maximum absolute atomic E-state index is 6.07. The predicted octanol–water partition coefficient (Wildman–Crippen LogP) is 3.62. The molecule has 0 aliphatic heterocycles. The van der Waals surface area contributed by atoms with Crippen molar-refractivity contribution in [1.82, 2.24) is 0 Å². The van der Waals surface area contributed by atoms with Gasteiger partial charge in [0.15, 0.2) is 11.5 Å². The Hall–Kier alpha value is -1.23. The van der Waals surface area contributed by atoms with Crippen molar-refractivity contribution in [1.29, 1.82) is 0 Å². The summed E-state index contributed by atoms with van der Waals surface area (Å²) in [7, 11) is 3.24. The van der Waals surface area contributed by atoms with Gasteiger partial charge in [-0.2, -0.15) is 11.8 Å². The molecule has 0 saturated carbocycles. The van der Waals surface area contributed by atoms with Crippen LogP contribution in [-0.2, 0) is 0 Å². The van der Waals surface area contributed by atoms with E-state index in [9.17, 15) is 0 Å². The summed E-state index contributed by atoms with van der Waals surface area (Å²) in [4.78, 5) is 0. The molecule has 0 amide bonds. The molecule has 0 aliphatic carbocycles. The van der Waals surface area contributed by atoms with Gasteiger partial charge in [-0.25, -0.2) is 0 Å². The van der Waals surface area contributed by atoms with E-state index in [0.717, 1.165) is 25.1 Å². The van der Waals surface area contributed by atoms with Gasteiger partial charge < -0.3 is 20.5 Å². The summed E-state index contributed by atoms with van der Waals surface area (Å²) in [5, 5.41) is 3.45. The molecule has 0 aromatic heterocycles. The molecule has 0 aliphatic rings. The molecule has 1 aromatic carbocycles. The van der Waals surface area contributed by atoms with Crippen LogP contribution in [0.3, 0.4) is 0 Å². The Bertz CT molecular complexity index is 426. The van der Waals surface area contributed by atoms with Crippen LogP contribution >= 0.6 is 11.8 Å². The van der Waals surface area contributed by atoms with Crippen molar-refractivity contribution < 1.29 is 9.47 Å². The number of nitrogens with one attached hydrogen (secondary N) is 1. The van der Waals surface area contributed by atoms with Crippen LogP contribution in [0.2, 0.25) is 0 Å². The molecule has 0 bridgehead atoms. The van der Waals surface area contributed by atoms with Crippen molar-refractivity contribution >= 4 is 23.1 Å². The second-order valence-corrected chi connectivity index (χ2v) is 6.02. The van der Waals surface area contributed by atoms with Crippen molar-refractivity contribution in [2.24, 2.45) is 0 Å². The van der Waals surface area contributed by atoms with Gasteiger partial charge in [-0.3, -0.25) is 0 Å². The molecular formula is C15H26N2O2S. The number of nitrogens with two attached hydrogens (primary N) is 1. The quantitative estimate of drug-likeness (QED) is 0.718. The van der Waals surface area contributed by atoms with Gasteiger partial charge in [0.1, 0.15) is 0 Å². The Morgan fingerprint density at radius 2 is 1.70 bits per heavy atom. The summed E-state index contributed by atoms with van der Waals surface area (Å²) >= 11 is 1.90. The van der Waals surface area contributed by atoms with Gasteiger partial charge in [-0.1, -0.05) is 13.8 Å². The van der Waals surface area contributed by atoms with Gasteiger partial charge in [0.25, 0.3) is 0 Å². The van der Waals surface area contributed by atoms with E-state index in [1.165, 1.54) is 0 Å². The van der Waals surface area contributed by atoms with Crippen molar-refractivity contribution in [3.05, 3.63) is 12.1 Å². The lowest BCUT2D eigenvalue weighted by Gasteiger charge is -2.30. The Morgan fingerprint density at radius 3 is 2.15 bits per heavy atom. The predicted molar refractivity (Wildman–Crippen MR) is 89.3 cm³/mol. The largest absolute Gasteiger partial charge is 0.493 e. The number of hydrogen-bond donors (Lipinski definition) is 2. The maximum atomic E-state index is 6.07. The Kier molecular flexibility index (Phi) is 6.33. The lowest BCUT2D eigenvalue weighted by atomic mass is 10.0. The van der Waals surface area contributed by atoms with Gasteiger partial charge >= 0.3 is 0 Å². The highest BCUT2D eigenvalue weighted by Crippen LogP contribution is 2.36. The number of ether oxygens (including phenoxy) is 2. The van der Waals surface area contributed by atoms with E-state index in [0.29, 0.717) is 17.2 Å². The van der Waals surface area contributed by atoms with Crippen LogP contribution in [0.25, 0.3) is 0 Å². The number of rotatable bonds is 8. The topological polar surface area (TPSA) is 56.5 Å². The number of nitrogen functional groups attached to an aromatic ring is 1. The number of benzene rings is 1. The van der Waals surface area contributed by atoms with Crippen molar-refractivity contribution in [3.8, 4) is 11.5 Å². The van der Waals surface area contributed by atoms with Gasteiger partial charge in [0.05, 0.1) is 25.6 Å². The Morgan fingerprint density at radius 1 is 1.15 bits per heavy atom. The van der Waals surface area contributed by atoms with E-state index in [1.807, 2.05) is 17.8 Å². The molecule has 0 radical (unpaired) electrons. The van der Waals surface area contributed by atoms with Crippen LogP contribution in [0.15, 0.2) is 12.1 Å². The van der Waals surface area contributed by atoms with Crippen LogP contribution in [-0.4, -0.2) is 31.8 Å². The van der Waals surface area contributed by atoms with E-state index in [-0.39, 0.29) is 4.75 Å². The third kappa shape index (κ3) is 3.66. The summed E-state index contributed by atoms with van der Waals surface area (Å²) < 4.78 is 10.8. The summed E-state index contributed by atoms with van der Waals surface area (Å²) in [6.45, 7) is 5.32. The van der Waals surface area contributed by atoms with Crippen LogP contribution in [0.1, 0.15) is 26.7 Å². The third-order valence-corrected chi connectivity index (χ3v) is 5.47. The highest BCUT2D eigenvalue weighted by Gasteiger charge is 2.25. The number of hydrogen-bond acceptors (Lipinski definition) is 5. The first-order valence-corrected chi connectivity index (χ1v) is 8.08. The SMILES string of the molecule is CCC(CC)(CNc1cc(OC)c(OC)cc1N)SC. The zero-order valence-corrected chi connectivity index (χ0v) is 13.9. The molecule has 0 fully saturated rings. The first-order valence-electron chi connectivity index (χ1n) is 6.86. The summed E-state index contributed by atoms with van der Waals surface area (Å²) in [5.74, 6) is 1.34. The fraction of sp³-hybridized carbons (Fsp3) is 0.600. The average Bonchev–Trinajstić information content (AvgIpc) is 2.49. The molecule has 114 valence electrons. The standard InChI is InChI=1S/C15H26N2O2S/c1-6-15(7-2,20-5)10-17-12-9-14(19-4)13(18-3)8-11(12)16/h8-9,17H,6-7,10,16H2,1-5H3. The van der Waals surface area contributed by atoms with Crippen LogP contribution in [0.4, 0.5) is 11.4 Å². The first-order chi connectivity index (χ1) is 9.55. The zero-order chi connectivity index (χ0) is 15.2. The smallest absolute Gasteiger partial charge is 0.162 e. The molecule has 3 N–H and O–H groups in total. The van der Waals surface area contributed by atoms with E-state index >= 15 is 0 Å². The fourth-order valence-corrected chi connectivity index (χ4v) is 2.96. The van der Waals surface area contributed by atoms with Crippen molar-refractivity contribution in [3.63, 3.8) is 0 Å². The monoisotopic (exact) mass is 298 g/mol. The van der Waals surface area contributed by atoms with E-state index < -0.39 is 0 Å². The van der Waals surface area contributed by atoms with E-state index in [1.54, 1.807) is 20.3 Å². The van der Waals surface area contributed by atoms with Gasteiger partial charge in [-0.15, -0.1) is 0 Å². The molecule has 20 heavy (non-hydrogen) atoms. The van der Waals surface area contributed by atoms with Crippen molar-refractivity contribution in [2.75, 3.05) is 38.1 Å². The molecule has 0 heterocycles. The second-order valence-electron chi connectivity index (χ2n) is 4.74. The van der Waals surface area contributed by atoms with E-state index in [4.69, 9.17) is 15.2 Å². The van der Waals surface area contributed by atoms with Gasteiger partial charge in [0.2, 0.25) is 0 Å². The third-order valence-electron chi connectivity index (χ3n) is 3.88. The van der Waals surface area contributed by atoms with Crippen molar-refractivity contribution in [2.45, 2.75) is 31.4 Å². The molecule has 1 aromatic rings. The molecule has 4 nitrogen and oxygen atoms in total. The Balaban J connectivity index is 2.92. The normalized spacial score (nSPS) is 11.2. The molecule has 5 heteroatoms. The number of thioether (sulfide) groups is 1. The summed E-state index contributed by atoms with van der Waals surface area (Å²) in [6.07, 6.45) is 4.39. The highest BCUT2D eigenvalue weighted by molar-refractivity contribution is 8.00. The van der Waals surface area contributed by atoms with Crippen LogP contribution < -0.4 is 20.5 Å². The first kappa shape index (κ1) is 16.8. The highest BCUT2D eigenvalue weighted by atomic mass is 32.2. The molecule has 0 saturated heterocycles. The second kappa shape index (κ2) is 7.53. The molecule has 0 atom stereocenters. The van der Waals surface area contributed by atoms with Crippen LogP contribution in [0.5, 0.6) is 11.5 Å². The van der Waals surface area contributed by atoms with Gasteiger partial charge in [-0.05, 0) is 19.1 Å². The van der Waals surface area contributed by atoms with Crippen LogP contribution in [0, 0.1) is 0 Å².